The molecule has 0 saturated carbocycles. The Bertz CT molecular complexity index is 521. The van der Waals surface area contributed by atoms with Gasteiger partial charge in [0.15, 0.2) is 0 Å². The van der Waals surface area contributed by atoms with Gasteiger partial charge < -0.3 is 5.32 Å². The van der Waals surface area contributed by atoms with Gasteiger partial charge in [-0.2, -0.15) is 0 Å². The molecule has 0 aliphatic heterocycles. The first-order valence-electron chi connectivity index (χ1n) is 6.79. The second-order valence-electron chi connectivity index (χ2n) is 4.56. The second-order valence-corrected chi connectivity index (χ2v) is 6.41. The SMILES string of the molecule is CCNC(Cc1sccc1Br)c1ccccc1CC. The number of hydrogen-bond donors (Lipinski definition) is 1. The Morgan fingerprint density at radius 2 is 2.00 bits per heavy atom. The standard InChI is InChI=1S/C16H20BrNS/c1-3-12-7-5-6-8-13(12)15(18-4-2)11-16-14(17)9-10-19-16/h5-10,15,18H,3-4,11H2,1-2H3. The van der Waals surface area contributed by atoms with Gasteiger partial charge in [0.1, 0.15) is 0 Å². The summed E-state index contributed by atoms with van der Waals surface area (Å²) < 4.78 is 1.23. The minimum Gasteiger partial charge on any atom is -0.310 e. The molecule has 1 unspecified atom stereocenters. The van der Waals surface area contributed by atoms with Crippen LogP contribution in [0.25, 0.3) is 0 Å². The van der Waals surface area contributed by atoms with E-state index in [4.69, 9.17) is 0 Å². The van der Waals surface area contributed by atoms with Crippen LogP contribution in [-0.4, -0.2) is 6.54 Å². The average molecular weight is 338 g/mol. The van der Waals surface area contributed by atoms with Crippen LogP contribution in [0.5, 0.6) is 0 Å². The largest absolute Gasteiger partial charge is 0.310 e. The van der Waals surface area contributed by atoms with Crippen LogP contribution >= 0.6 is 27.3 Å². The first kappa shape index (κ1) is 14.8. The number of halogens is 1. The van der Waals surface area contributed by atoms with Gasteiger partial charge in [-0.3, -0.25) is 0 Å². The second kappa shape index (κ2) is 7.22. The number of hydrogen-bond acceptors (Lipinski definition) is 2. The summed E-state index contributed by atoms with van der Waals surface area (Å²) >= 11 is 5.46. The van der Waals surface area contributed by atoms with Crippen molar-refractivity contribution in [3.05, 3.63) is 56.2 Å². The average Bonchev–Trinajstić information content (AvgIpc) is 2.84. The van der Waals surface area contributed by atoms with Crippen LogP contribution in [0.15, 0.2) is 40.2 Å². The fourth-order valence-electron chi connectivity index (χ4n) is 2.39. The zero-order chi connectivity index (χ0) is 13.7. The molecule has 3 heteroatoms. The number of benzene rings is 1. The molecule has 0 aliphatic carbocycles. The Kier molecular flexibility index (Phi) is 5.61. The van der Waals surface area contributed by atoms with Crippen molar-refractivity contribution in [2.24, 2.45) is 0 Å². The van der Waals surface area contributed by atoms with Crippen molar-refractivity contribution < 1.29 is 0 Å². The van der Waals surface area contributed by atoms with E-state index >= 15 is 0 Å². The molecule has 0 bridgehead atoms. The summed E-state index contributed by atoms with van der Waals surface area (Å²) in [4.78, 5) is 1.41. The van der Waals surface area contributed by atoms with Crippen LogP contribution in [0.3, 0.4) is 0 Å². The molecule has 1 nitrogen and oxygen atoms in total. The highest BCUT2D eigenvalue weighted by atomic mass is 79.9. The van der Waals surface area contributed by atoms with E-state index in [0.29, 0.717) is 6.04 Å². The topological polar surface area (TPSA) is 12.0 Å². The number of aryl methyl sites for hydroxylation is 1. The van der Waals surface area contributed by atoms with Gasteiger partial charge in [0.05, 0.1) is 0 Å². The van der Waals surface area contributed by atoms with Gasteiger partial charge in [0.2, 0.25) is 0 Å². The van der Waals surface area contributed by atoms with Gasteiger partial charge >= 0.3 is 0 Å². The highest BCUT2D eigenvalue weighted by molar-refractivity contribution is 9.10. The minimum absolute atomic E-state index is 0.399. The fourth-order valence-corrected chi connectivity index (χ4v) is 3.95. The molecule has 0 amide bonds. The monoisotopic (exact) mass is 337 g/mol. The molecule has 1 N–H and O–H groups in total. The van der Waals surface area contributed by atoms with Crippen molar-refractivity contribution in [3.63, 3.8) is 0 Å². The molecule has 2 aromatic rings. The van der Waals surface area contributed by atoms with E-state index in [0.717, 1.165) is 19.4 Å². The molecule has 0 spiro atoms. The van der Waals surface area contributed by atoms with Gasteiger partial charge in [-0.25, -0.2) is 0 Å². The lowest BCUT2D eigenvalue weighted by Crippen LogP contribution is -2.23. The summed E-state index contributed by atoms with van der Waals surface area (Å²) in [7, 11) is 0. The third-order valence-corrected chi connectivity index (χ3v) is 5.29. The zero-order valence-corrected chi connectivity index (χ0v) is 13.9. The van der Waals surface area contributed by atoms with E-state index in [1.54, 1.807) is 0 Å². The summed E-state index contributed by atoms with van der Waals surface area (Å²) in [6, 6.07) is 11.3. The molecule has 0 saturated heterocycles. The molecule has 2 rings (SSSR count). The van der Waals surface area contributed by atoms with Gasteiger partial charge in [0.25, 0.3) is 0 Å². The van der Waals surface area contributed by atoms with Gasteiger partial charge in [0, 0.05) is 21.8 Å². The molecule has 1 heterocycles. The van der Waals surface area contributed by atoms with E-state index in [2.05, 4.69) is 70.8 Å². The van der Waals surface area contributed by atoms with E-state index in [1.165, 1.54) is 20.5 Å². The van der Waals surface area contributed by atoms with Gasteiger partial charge in [-0.05, 0) is 51.5 Å². The lowest BCUT2D eigenvalue weighted by atomic mass is 9.96. The molecule has 0 aliphatic rings. The van der Waals surface area contributed by atoms with Crippen molar-refractivity contribution in [1.29, 1.82) is 0 Å². The first-order chi connectivity index (χ1) is 9.26. The maximum atomic E-state index is 3.64. The van der Waals surface area contributed by atoms with E-state index in [9.17, 15) is 0 Å². The number of thiophene rings is 1. The van der Waals surface area contributed by atoms with E-state index < -0.39 is 0 Å². The third kappa shape index (κ3) is 3.68. The number of nitrogens with one attached hydrogen (secondary N) is 1. The summed E-state index contributed by atoms with van der Waals surface area (Å²) in [5.74, 6) is 0. The van der Waals surface area contributed by atoms with Crippen LogP contribution in [0, 0.1) is 0 Å². The summed E-state index contributed by atoms with van der Waals surface area (Å²) in [5.41, 5.74) is 2.88. The lowest BCUT2D eigenvalue weighted by Gasteiger charge is -2.21. The van der Waals surface area contributed by atoms with Gasteiger partial charge in [-0.15, -0.1) is 11.3 Å². The van der Waals surface area contributed by atoms with Crippen molar-refractivity contribution in [1.82, 2.24) is 5.32 Å². The molecular formula is C16H20BrNS. The molecular weight excluding hydrogens is 318 g/mol. The maximum absolute atomic E-state index is 3.64. The molecule has 0 fully saturated rings. The molecule has 1 atom stereocenters. The molecule has 102 valence electrons. The van der Waals surface area contributed by atoms with Crippen LogP contribution in [0.4, 0.5) is 0 Å². The van der Waals surface area contributed by atoms with Crippen molar-refractivity contribution in [3.8, 4) is 0 Å². The van der Waals surface area contributed by atoms with Crippen molar-refractivity contribution in [2.45, 2.75) is 32.7 Å². The van der Waals surface area contributed by atoms with Crippen LogP contribution in [0.2, 0.25) is 0 Å². The lowest BCUT2D eigenvalue weighted by molar-refractivity contribution is 0.548. The number of likely N-dealkylation sites (N-methyl/N-ethyl adjacent to an activating group) is 1. The van der Waals surface area contributed by atoms with Crippen molar-refractivity contribution >= 4 is 27.3 Å². The predicted octanol–water partition coefficient (Wildman–Crippen LogP) is 4.97. The quantitative estimate of drug-likeness (QED) is 0.784. The molecule has 1 aromatic carbocycles. The highest BCUT2D eigenvalue weighted by Gasteiger charge is 2.16. The zero-order valence-electron chi connectivity index (χ0n) is 11.4. The maximum Gasteiger partial charge on any atom is 0.0371 e. The Morgan fingerprint density at radius 1 is 1.21 bits per heavy atom. The third-order valence-electron chi connectivity index (χ3n) is 3.34. The van der Waals surface area contributed by atoms with Crippen LogP contribution in [-0.2, 0) is 12.8 Å². The minimum atomic E-state index is 0.399. The van der Waals surface area contributed by atoms with Crippen LogP contribution in [0.1, 0.15) is 35.9 Å². The predicted molar refractivity (Wildman–Crippen MR) is 88.0 cm³/mol. The molecule has 1 aromatic heterocycles. The van der Waals surface area contributed by atoms with Crippen molar-refractivity contribution in [2.75, 3.05) is 6.54 Å². The van der Waals surface area contributed by atoms with E-state index in [-0.39, 0.29) is 0 Å². The molecule has 19 heavy (non-hydrogen) atoms. The number of rotatable bonds is 6. The van der Waals surface area contributed by atoms with Crippen LogP contribution < -0.4 is 5.32 Å². The normalized spacial score (nSPS) is 12.6. The Labute approximate surface area is 128 Å². The smallest absolute Gasteiger partial charge is 0.0371 e. The molecule has 0 radical (unpaired) electrons. The fraction of sp³-hybridized carbons (Fsp3) is 0.375. The summed E-state index contributed by atoms with van der Waals surface area (Å²) in [6.45, 7) is 5.39. The Balaban J connectivity index is 2.27. The summed E-state index contributed by atoms with van der Waals surface area (Å²) in [6.07, 6.45) is 2.13. The van der Waals surface area contributed by atoms with E-state index in [1.807, 2.05) is 11.3 Å². The Morgan fingerprint density at radius 3 is 2.63 bits per heavy atom. The Hall–Kier alpha value is -0.640. The first-order valence-corrected chi connectivity index (χ1v) is 8.46. The highest BCUT2D eigenvalue weighted by Crippen LogP contribution is 2.29. The van der Waals surface area contributed by atoms with Gasteiger partial charge in [-0.1, -0.05) is 38.1 Å². The summed E-state index contributed by atoms with van der Waals surface area (Å²) in [5, 5.41) is 5.77.